The lowest BCUT2D eigenvalue weighted by Crippen LogP contribution is -2.36. The SMILES string of the molecule is CNc1nc2c(s1)CCN(C(=O)Cn1nc(-c3ccc(F)c(C)c3)cc1C1CCCCC1)CC2.COc1ccc(-c2cc(C(C)C)n(CC(=O)N3CCc4nc(C)sc4CC3)n2)cc1C.Cc1cc(-c2cc(C3CCCCC3)n(CC(=O)N3CCc4nc(N)sc4CC3)n2)ccc1F.Cc1nc2c(s1)CCN(C(=O)Cn1nc(-c3ccc(F)c(C)c3)cc1C1CCCCC1)CC2. The number of amides is 4. The number of halogens is 3. The van der Waals surface area contributed by atoms with Crippen LogP contribution in [0.25, 0.3) is 45.0 Å². The number of carbonyl (C=O) groups excluding carboxylic acids is 4. The van der Waals surface area contributed by atoms with Gasteiger partial charge in [0.1, 0.15) is 49.4 Å². The zero-order chi connectivity index (χ0) is 91.7. The topological polar surface area (TPSA) is 251 Å². The van der Waals surface area contributed by atoms with Crippen LogP contribution in [0.3, 0.4) is 0 Å². The van der Waals surface area contributed by atoms with Gasteiger partial charge in [0.05, 0.1) is 62.7 Å². The highest BCUT2D eigenvalue weighted by Gasteiger charge is 2.33. The molecule has 3 fully saturated rings. The smallest absolute Gasteiger partial charge is 0.244 e. The van der Waals surface area contributed by atoms with Gasteiger partial charge in [0.25, 0.3) is 0 Å². The van der Waals surface area contributed by atoms with E-state index in [2.05, 4.69) is 76.4 Å². The van der Waals surface area contributed by atoms with Gasteiger partial charge in [-0.2, -0.15) is 20.4 Å². The van der Waals surface area contributed by atoms with E-state index in [1.807, 2.05) is 89.6 Å². The molecule has 4 amide bonds. The average molecular weight is 1850 g/mol. The number of ether oxygens (including phenoxy) is 1. The molecule has 19 rings (SSSR count). The summed E-state index contributed by atoms with van der Waals surface area (Å²) in [6, 6.07) is 29.9. The number of methoxy groups -OCH3 is 1. The first-order chi connectivity index (χ1) is 63.3. The van der Waals surface area contributed by atoms with Crippen molar-refractivity contribution in [2.45, 2.75) is 253 Å². The molecule has 0 spiro atoms. The van der Waals surface area contributed by atoms with Crippen LogP contribution >= 0.6 is 45.3 Å². The van der Waals surface area contributed by atoms with Gasteiger partial charge in [0, 0.05) is 193 Å². The van der Waals surface area contributed by atoms with Crippen molar-refractivity contribution in [3.05, 3.63) is 212 Å². The standard InChI is InChI=1S/C26H32FN5OS.C26H31FN4OS.C25H30FN5OS.C24H30N4O2S/c1-17-14-19(8-9-20(17)27)22-15-23(18-6-4-3-5-7-18)32(30-22)16-25(33)31-12-10-21-24(11-13-31)34-26(28-2)29-21;1-17-14-20(8-9-21(17)27)23-15-24(19-6-4-3-5-7-19)31(29-23)16-26(32)30-12-10-22-25(11-13-30)33-18(2)28-22;1-16-13-18(7-8-19(16)26)21-14-22(17-5-3-2-4-6-17)31(29-21)15-24(32)30-11-9-20-23(10-12-30)33-25(27)28-20;1-15(2)21-13-20(18-6-7-22(30-5)16(3)12-18)26-28(21)14-24(29)27-10-8-19-23(9-11-27)31-17(4)25-19/h8-9,14-15,18H,3-7,10-13,16H2,1-2H3,(H,28,29);8-9,14-15,19H,3-7,10-13,16H2,1-2H3;7-8,13-14,17H,2-6,9-12,15H2,1H3,(H2,27,28);6-7,12-13,15H,8-11,14H2,1-5H3. The third-order valence-electron chi connectivity index (χ3n) is 27.0. The Kier molecular flexibility index (Phi) is 30.3. The number of anilines is 2. The molecular formula is C101H123F3N18O5S4. The first-order valence-corrected chi connectivity index (χ1v) is 50.3. The molecule has 0 bridgehead atoms. The molecule has 4 aromatic carbocycles. The van der Waals surface area contributed by atoms with E-state index in [0.29, 0.717) is 72.3 Å². The Morgan fingerprint density at radius 3 is 1.06 bits per heavy atom. The van der Waals surface area contributed by atoms with Gasteiger partial charge in [-0.3, -0.25) is 37.9 Å². The predicted molar refractivity (Wildman–Crippen MR) is 515 cm³/mol. The summed E-state index contributed by atoms with van der Waals surface area (Å²) in [5.74, 6) is 2.19. The number of benzene rings is 4. The van der Waals surface area contributed by atoms with Gasteiger partial charge in [-0.1, -0.05) is 71.6 Å². The van der Waals surface area contributed by atoms with Crippen LogP contribution in [-0.2, 0) is 96.7 Å². The zero-order valence-electron chi connectivity index (χ0n) is 77.3. The zero-order valence-corrected chi connectivity index (χ0v) is 80.6. The molecular weight excluding hydrogens is 1730 g/mol. The second kappa shape index (κ2) is 42.5. The Labute approximate surface area is 782 Å². The molecule has 30 heteroatoms. The molecule has 4 aliphatic heterocycles. The van der Waals surface area contributed by atoms with Gasteiger partial charge in [-0.15, -0.1) is 45.3 Å². The number of aryl methyl sites for hydroxylation is 6. The van der Waals surface area contributed by atoms with Crippen LogP contribution in [0.5, 0.6) is 5.75 Å². The number of thiazole rings is 4. The number of rotatable bonds is 18. The fraction of sp³-hybridized carbons (Fsp3) is 0.485. The number of nitrogens with one attached hydrogen (secondary N) is 1. The van der Waals surface area contributed by atoms with Crippen LogP contribution in [0, 0.1) is 59.0 Å². The summed E-state index contributed by atoms with van der Waals surface area (Å²) in [5, 5.41) is 26.3. The molecule has 0 atom stereocenters. The van der Waals surface area contributed by atoms with Crippen molar-refractivity contribution >= 4 is 79.2 Å². The number of nitrogen functional groups attached to an aromatic ring is 1. The van der Waals surface area contributed by atoms with Crippen molar-refractivity contribution in [1.82, 2.24) is 78.7 Å². The second-order valence-corrected chi connectivity index (χ2v) is 41.2. The monoisotopic (exact) mass is 1850 g/mol. The molecule has 23 nitrogen and oxygen atoms in total. The van der Waals surface area contributed by atoms with Crippen LogP contribution in [0.4, 0.5) is 23.4 Å². The van der Waals surface area contributed by atoms with Crippen molar-refractivity contribution in [3.8, 4) is 50.8 Å². The lowest BCUT2D eigenvalue weighted by atomic mass is 9.86. The summed E-state index contributed by atoms with van der Waals surface area (Å²) in [6.45, 7) is 22.3. The number of fused-ring (bicyclic) bond motifs is 4. The van der Waals surface area contributed by atoms with Crippen LogP contribution in [0.1, 0.15) is 231 Å². The van der Waals surface area contributed by atoms with Crippen molar-refractivity contribution in [2.24, 2.45) is 0 Å². The molecule has 3 N–H and O–H groups in total. The normalized spacial score (nSPS) is 16.3. The molecule has 692 valence electrons. The van der Waals surface area contributed by atoms with Gasteiger partial charge in [0.15, 0.2) is 10.3 Å². The Morgan fingerprint density at radius 2 is 0.710 bits per heavy atom. The maximum absolute atomic E-state index is 13.8. The molecule has 12 heterocycles. The molecule has 0 unspecified atom stereocenters. The highest BCUT2D eigenvalue weighted by molar-refractivity contribution is 7.16. The average Bonchev–Trinajstić information content (AvgIpc) is 1.66. The fourth-order valence-electron chi connectivity index (χ4n) is 19.6. The van der Waals surface area contributed by atoms with E-state index in [1.165, 1.54) is 107 Å². The number of hydrogen-bond acceptors (Lipinski definition) is 19. The minimum Gasteiger partial charge on any atom is -0.496 e. The fourth-order valence-corrected chi connectivity index (χ4v) is 23.4. The summed E-state index contributed by atoms with van der Waals surface area (Å²) < 4.78 is 54.5. The maximum Gasteiger partial charge on any atom is 0.244 e. The molecule has 0 radical (unpaired) electrons. The quantitative estimate of drug-likeness (QED) is 0.0810. The second-order valence-electron chi connectivity index (χ2n) is 36.5. The summed E-state index contributed by atoms with van der Waals surface area (Å²) >= 11 is 6.73. The molecule has 7 aliphatic rings. The largest absolute Gasteiger partial charge is 0.496 e. The van der Waals surface area contributed by atoms with Crippen molar-refractivity contribution in [2.75, 3.05) is 77.6 Å². The Hall–Kier alpha value is -10.7. The van der Waals surface area contributed by atoms with Crippen LogP contribution in [0.2, 0.25) is 0 Å². The van der Waals surface area contributed by atoms with E-state index in [-0.39, 0.29) is 73.2 Å². The van der Waals surface area contributed by atoms with Crippen LogP contribution < -0.4 is 15.8 Å². The lowest BCUT2D eigenvalue weighted by molar-refractivity contribution is -0.132. The summed E-state index contributed by atoms with van der Waals surface area (Å²) in [7, 11) is 3.57. The molecule has 12 aromatic rings. The Bertz CT molecular complexity index is 5770. The molecule has 131 heavy (non-hydrogen) atoms. The number of nitrogens with two attached hydrogens (primary N) is 1. The number of carbonyl (C=O) groups is 4. The van der Waals surface area contributed by atoms with Gasteiger partial charge < -0.3 is 35.4 Å². The molecule has 3 saturated carbocycles. The van der Waals surface area contributed by atoms with E-state index < -0.39 is 0 Å². The number of hydrogen-bond donors (Lipinski definition) is 2. The Morgan fingerprint density at radius 1 is 0.397 bits per heavy atom. The van der Waals surface area contributed by atoms with Gasteiger partial charge >= 0.3 is 0 Å². The van der Waals surface area contributed by atoms with Crippen LogP contribution in [0.15, 0.2) is 97.1 Å². The van der Waals surface area contributed by atoms with Crippen molar-refractivity contribution in [1.29, 1.82) is 0 Å². The minimum absolute atomic E-state index is 0.0834. The molecule has 3 aliphatic carbocycles. The lowest BCUT2D eigenvalue weighted by Gasteiger charge is -2.24. The highest BCUT2D eigenvalue weighted by Crippen LogP contribution is 2.41. The highest BCUT2D eigenvalue weighted by atomic mass is 32.1. The summed E-state index contributed by atoms with van der Waals surface area (Å²) in [4.78, 5) is 84.5. The molecule has 8 aromatic heterocycles. The molecule has 0 saturated heterocycles. The van der Waals surface area contributed by atoms with E-state index in [9.17, 15) is 32.3 Å². The summed E-state index contributed by atoms with van der Waals surface area (Å²) in [5.41, 5.74) is 24.7. The van der Waals surface area contributed by atoms with Crippen LogP contribution in [-0.4, -0.2) is 169 Å². The van der Waals surface area contributed by atoms with E-state index >= 15 is 0 Å². The Balaban J connectivity index is 0.000000128. The first-order valence-electron chi connectivity index (χ1n) is 47.0. The van der Waals surface area contributed by atoms with E-state index in [0.717, 1.165) is 227 Å². The third-order valence-corrected chi connectivity index (χ3v) is 31.3. The van der Waals surface area contributed by atoms with E-state index in [1.54, 1.807) is 80.1 Å². The maximum atomic E-state index is 13.8. The van der Waals surface area contributed by atoms with Crippen molar-refractivity contribution in [3.63, 3.8) is 0 Å². The van der Waals surface area contributed by atoms with Crippen molar-refractivity contribution < 1.29 is 37.1 Å². The first kappa shape index (κ1) is 93.5. The predicted octanol–water partition coefficient (Wildman–Crippen LogP) is 19.7. The van der Waals surface area contributed by atoms with Gasteiger partial charge in [-0.05, 0) is 205 Å². The number of aromatic nitrogens is 12. The number of nitrogens with zero attached hydrogens (tertiary/aromatic N) is 16. The van der Waals surface area contributed by atoms with E-state index in [4.69, 9.17) is 30.9 Å². The summed E-state index contributed by atoms with van der Waals surface area (Å²) in [6.07, 6.45) is 24.5. The van der Waals surface area contributed by atoms with Gasteiger partial charge in [0.2, 0.25) is 23.6 Å². The van der Waals surface area contributed by atoms with Gasteiger partial charge in [-0.25, -0.2) is 33.1 Å². The third kappa shape index (κ3) is 22.6. The minimum atomic E-state index is -0.216.